The summed E-state index contributed by atoms with van der Waals surface area (Å²) in [5.74, 6) is 0.740. The van der Waals surface area contributed by atoms with Crippen LogP contribution in [0, 0.1) is 0 Å². The molecule has 1 aliphatic heterocycles. The van der Waals surface area contributed by atoms with Crippen molar-refractivity contribution in [3.8, 4) is 5.75 Å². The largest absolute Gasteiger partial charge is 0.495 e. The molecular formula is C26H36N4O3. The van der Waals surface area contributed by atoms with E-state index in [0.717, 1.165) is 49.4 Å². The molecule has 7 nitrogen and oxygen atoms in total. The Morgan fingerprint density at radius 1 is 0.970 bits per heavy atom. The van der Waals surface area contributed by atoms with Crippen LogP contribution in [0.25, 0.3) is 0 Å². The lowest BCUT2D eigenvalue weighted by atomic mass is 10.0. The number of ether oxygens (including phenoxy) is 1. The van der Waals surface area contributed by atoms with Crippen molar-refractivity contribution in [1.29, 1.82) is 0 Å². The van der Waals surface area contributed by atoms with Crippen LogP contribution in [0.3, 0.4) is 0 Å². The molecule has 0 aromatic heterocycles. The van der Waals surface area contributed by atoms with Crippen molar-refractivity contribution >= 4 is 17.5 Å². The fraction of sp³-hybridized carbons (Fsp3) is 0.462. The molecule has 1 saturated heterocycles. The summed E-state index contributed by atoms with van der Waals surface area (Å²) in [6.45, 7) is 3.29. The fourth-order valence-electron chi connectivity index (χ4n) is 4.20. The Morgan fingerprint density at radius 3 is 2.36 bits per heavy atom. The molecular weight excluding hydrogens is 416 g/mol. The number of anilines is 1. The molecule has 1 unspecified atom stereocenters. The van der Waals surface area contributed by atoms with E-state index in [-0.39, 0.29) is 11.8 Å². The van der Waals surface area contributed by atoms with Crippen molar-refractivity contribution < 1.29 is 14.3 Å². The van der Waals surface area contributed by atoms with Gasteiger partial charge in [-0.05, 0) is 37.1 Å². The van der Waals surface area contributed by atoms with Gasteiger partial charge in [0, 0.05) is 39.0 Å². The van der Waals surface area contributed by atoms with Crippen molar-refractivity contribution in [3.63, 3.8) is 0 Å². The van der Waals surface area contributed by atoms with Crippen LogP contribution in [0.2, 0.25) is 0 Å². The number of amides is 2. The predicted octanol–water partition coefficient (Wildman–Crippen LogP) is 2.59. The molecule has 33 heavy (non-hydrogen) atoms. The number of carbonyl (C=O) groups excluding carboxylic acids is 2. The second kappa shape index (κ2) is 12.8. The molecule has 3 rings (SSSR count). The summed E-state index contributed by atoms with van der Waals surface area (Å²) in [7, 11) is 1.67. The van der Waals surface area contributed by atoms with Gasteiger partial charge in [0.15, 0.2) is 0 Å². The standard InChI is InChI=1S/C26H36N4O3/c1-33-24-13-8-7-12-23(24)29-16-18-30(19-17-29)26(32)22(20-21-10-4-2-5-11-21)28-25(31)14-6-3-9-15-27/h2,4-5,7-8,10-13,22H,3,6,9,14-20,27H2,1H3,(H,28,31). The molecule has 0 aliphatic carbocycles. The molecule has 0 bridgehead atoms. The monoisotopic (exact) mass is 452 g/mol. The maximum absolute atomic E-state index is 13.4. The summed E-state index contributed by atoms with van der Waals surface area (Å²) < 4.78 is 5.49. The fourth-order valence-corrected chi connectivity index (χ4v) is 4.20. The first-order valence-corrected chi connectivity index (χ1v) is 11.8. The van der Waals surface area contributed by atoms with Crippen LogP contribution in [0.4, 0.5) is 5.69 Å². The van der Waals surface area contributed by atoms with Crippen molar-refractivity contribution in [2.45, 2.75) is 38.1 Å². The summed E-state index contributed by atoms with van der Waals surface area (Å²) in [4.78, 5) is 30.1. The minimum absolute atomic E-state index is 0.0196. The van der Waals surface area contributed by atoms with Crippen LogP contribution in [-0.4, -0.2) is 62.6 Å². The lowest BCUT2D eigenvalue weighted by Gasteiger charge is -2.38. The molecule has 2 aromatic rings. The Hall–Kier alpha value is -3.06. The summed E-state index contributed by atoms with van der Waals surface area (Å²) in [5, 5.41) is 3.01. The number of nitrogens with two attached hydrogens (primary N) is 1. The van der Waals surface area contributed by atoms with E-state index in [4.69, 9.17) is 10.5 Å². The molecule has 2 aromatic carbocycles. The molecule has 1 atom stereocenters. The maximum Gasteiger partial charge on any atom is 0.245 e. The van der Waals surface area contributed by atoms with Gasteiger partial charge in [-0.3, -0.25) is 9.59 Å². The van der Waals surface area contributed by atoms with Crippen LogP contribution in [0.1, 0.15) is 31.2 Å². The van der Waals surface area contributed by atoms with Gasteiger partial charge in [0.05, 0.1) is 12.8 Å². The number of rotatable bonds is 11. The minimum atomic E-state index is -0.563. The summed E-state index contributed by atoms with van der Waals surface area (Å²) in [6.07, 6.45) is 3.52. The van der Waals surface area contributed by atoms with Gasteiger partial charge in [0.25, 0.3) is 0 Å². The third kappa shape index (κ3) is 7.22. The van der Waals surface area contributed by atoms with Crippen LogP contribution in [0.15, 0.2) is 54.6 Å². The number of methoxy groups -OCH3 is 1. The van der Waals surface area contributed by atoms with Crippen molar-refractivity contribution in [3.05, 3.63) is 60.2 Å². The van der Waals surface area contributed by atoms with Gasteiger partial charge in [0.1, 0.15) is 11.8 Å². The van der Waals surface area contributed by atoms with E-state index in [1.807, 2.05) is 59.5 Å². The topological polar surface area (TPSA) is 87.9 Å². The second-order valence-electron chi connectivity index (χ2n) is 8.39. The normalized spacial score (nSPS) is 14.6. The van der Waals surface area contributed by atoms with E-state index in [1.165, 1.54) is 0 Å². The number of para-hydroxylation sites is 2. The van der Waals surface area contributed by atoms with E-state index < -0.39 is 6.04 Å². The number of nitrogens with zero attached hydrogens (tertiary/aromatic N) is 2. The SMILES string of the molecule is COc1ccccc1N1CCN(C(=O)C(Cc2ccccc2)NC(=O)CCCCCN)CC1. The molecule has 3 N–H and O–H groups in total. The van der Waals surface area contributed by atoms with E-state index in [9.17, 15) is 9.59 Å². The van der Waals surface area contributed by atoms with Crippen LogP contribution in [-0.2, 0) is 16.0 Å². The van der Waals surface area contributed by atoms with Gasteiger partial charge in [0.2, 0.25) is 11.8 Å². The molecule has 178 valence electrons. The van der Waals surface area contributed by atoms with Gasteiger partial charge in [-0.25, -0.2) is 0 Å². The van der Waals surface area contributed by atoms with Gasteiger partial charge in [-0.1, -0.05) is 48.9 Å². The quantitative estimate of drug-likeness (QED) is 0.512. The van der Waals surface area contributed by atoms with E-state index >= 15 is 0 Å². The summed E-state index contributed by atoms with van der Waals surface area (Å²) in [5.41, 5.74) is 7.61. The van der Waals surface area contributed by atoms with Crippen molar-refractivity contribution in [2.75, 3.05) is 44.7 Å². The Labute approximate surface area is 196 Å². The lowest BCUT2D eigenvalue weighted by Crippen LogP contribution is -2.55. The molecule has 1 aliphatic rings. The zero-order chi connectivity index (χ0) is 23.5. The third-order valence-corrected chi connectivity index (χ3v) is 6.04. The Bertz CT molecular complexity index is 882. The maximum atomic E-state index is 13.4. The Balaban J connectivity index is 1.62. The van der Waals surface area contributed by atoms with Gasteiger partial charge < -0.3 is 25.6 Å². The molecule has 0 radical (unpaired) electrons. The number of hydrogen-bond acceptors (Lipinski definition) is 5. The van der Waals surface area contributed by atoms with Crippen molar-refractivity contribution in [1.82, 2.24) is 10.2 Å². The third-order valence-electron chi connectivity index (χ3n) is 6.04. The number of hydrogen-bond donors (Lipinski definition) is 2. The number of piperazine rings is 1. The molecule has 1 fully saturated rings. The van der Waals surface area contributed by atoms with Gasteiger partial charge in [-0.2, -0.15) is 0 Å². The minimum Gasteiger partial charge on any atom is -0.495 e. The lowest BCUT2D eigenvalue weighted by molar-refractivity contribution is -0.136. The highest BCUT2D eigenvalue weighted by atomic mass is 16.5. The van der Waals surface area contributed by atoms with E-state index in [1.54, 1.807) is 7.11 Å². The van der Waals surface area contributed by atoms with Crippen LogP contribution >= 0.6 is 0 Å². The smallest absolute Gasteiger partial charge is 0.245 e. The first-order chi connectivity index (χ1) is 16.1. The molecule has 7 heteroatoms. The molecule has 2 amide bonds. The van der Waals surface area contributed by atoms with E-state index in [2.05, 4.69) is 10.2 Å². The number of nitrogens with one attached hydrogen (secondary N) is 1. The number of unbranched alkanes of at least 4 members (excludes halogenated alkanes) is 2. The Morgan fingerprint density at radius 2 is 1.67 bits per heavy atom. The summed E-state index contributed by atoms with van der Waals surface area (Å²) in [6, 6.07) is 17.2. The highest BCUT2D eigenvalue weighted by molar-refractivity contribution is 5.88. The highest BCUT2D eigenvalue weighted by Crippen LogP contribution is 2.28. The summed E-state index contributed by atoms with van der Waals surface area (Å²) >= 11 is 0. The first kappa shape index (κ1) is 24.6. The number of benzene rings is 2. The predicted molar refractivity (Wildman–Crippen MR) is 131 cm³/mol. The Kier molecular flexibility index (Phi) is 9.57. The average molecular weight is 453 g/mol. The van der Waals surface area contributed by atoms with Crippen LogP contribution < -0.4 is 20.7 Å². The highest BCUT2D eigenvalue weighted by Gasteiger charge is 2.29. The molecule has 0 saturated carbocycles. The zero-order valence-corrected chi connectivity index (χ0v) is 19.5. The van der Waals surface area contributed by atoms with Crippen LogP contribution in [0.5, 0.6) is 5.75 Å². The zero-order valence-electron chi connectivity index (χ0n) is 19.5. The molecule has 0 spiro atoms. The first-order valence-electron chi connectivity index (χ1n) is 11.8. The van der Waals surface area contributed by atoms with Gasteiger partial charge >= 0.3 is 0 Å². The molecule has 1 heterocycles. The average Bonchev–Trinajstić information content (AvgIpc) is 2.86. The second-order valence-corrected chi connectivity index (χ2v) is 8.39. The van der Waals surface area contributed by atoms with Gasteiger partial charge in [-0.15, -0.1) is 0 Å². The van der Waals surface area contributed by atoms with Crippen molar-refractivity contribution in [2.24, 2.45) is 5.73 Å². The van der Waals surface area contributed by atoms with E-state index in [0.29, 0.717) is 32.5 Å². The number of carbonyl (C=O) groups is 2.